The van der Waals surface area contributed by atoms with Crippen molar-refractivity contribution in [3.8, 4) is 0 Å². The minimum atomic E-state index is 0.516. The van der Waals surface area contributed by atoms with E-state index in [0.29, 0.717) is 6.04 Å². The Hall–Kier alpha value is -1.77. The number of anilines is 2. The summed E-state index contributed by atoms with van der Waals surface area (Å²) in [5.74, 6) is 0. The van der Waals surface area contributed by atoms with Gasteiger partial charge in [-0.15, -0.1) is 0 Å². The standard InChI is InChI=1S/C15H21N3/c1-3-6-11(4-2)18-14-9-8-13(16)15-12(14)7-5-10-17-15/h5,7-11,18H,3-4,6,16H2,1-2H3. The van der Waals surface area contributed by atoms with Gasteiger partial charge in [0.25, 0.3) is 0 Å². The zero-order valence-corrected chi connectivity index (χ0v) is 11.1. The minimum absolute atomic E-state index is 0.516. The Morgan fingerprint density at radius 3 is 2.83 bits per heavy atom. The largest absolute Gasteiger partial charge is 0.397 e. The molecule has 0 aliphatic carbocycles. The number of rotatable bonds is 5. The molecule has 3 nitrogen and oxygen atoms in total. The van der Waals surface area contributed by atoms with Crippen LogP contribution in [0.25, 0.3) is 10.9 Å². The lowest BCUT2D eigenvalue weighted by Crippen LogP contribution is -2.18. The van der Waals surface area contributed by atoms with E-state index in [2.05, 4.69) is 36.3 Å². The molecule has 0 aliphatic heterocycles. The van der Waals surface area contributed by atoms with E-state index in [1.807, 2.05) is 12.1 Å². The Morgan fingerprint density at radius 1 is 1.28 bits per heavy atom. The molecule has 1 heterocycles. The molecule has 2 aromatic rings. The van der Waals surface area contributed by atoms with Gasteiger partial charge in [0, 0.05) is 23.3 Å². The molecule has 0 amide bonds. The normalized spacial score (nSPS) is 12.6. The van der Waals surface area contributed by atoms with E-state index < -0.39 is 0 Å². The molecule has 2 rings (SSSR count). The fourth-order valence-electron chi connectivity index (χ4n) is 2.27. The van der Waals surface area contributed by atoms with Crippen molar-refractivity contribution in [2.45, 2.75) is 39.2 Å². The van der Waals surface area contributed by atoms with Gasteiger partial charge >= 0.3 is 0 Å². The minimum Gasteiger partial charge on any atom is -0.397 e. The number of nitrogen functional groups attached to an aromatic ring is 1. The lowest BCUT2D eigenvalue weighted by atomic mass is 10.1. The van der Waals surface area contributed by atoms with E-state index in [1.165, 1.54) is 12.8 Å². The molecule has 1 aromatic heterocycles. The quantitative estimate of drug-likeness (QED) is 0.785. The maximum atomic E-state index is 5.96. The van der Waals surface area contributed by atoms with Gasteiger partial charge in [0.05, 0.1) is 11.2 Å². The molecule has 1 aromatic carbocycles. The lowest BCUT2D eigenvalue weighted by Gasteiger charge is -2.19. The van der Waals surface area contributed by atoms with Gasteiger partial charge in [-0.3, -0.25) is 4.98 Å². The summed E-state index contributed by atoms with van der Waals surface area (Å²) in [5, 5.41) is 4.71. The molecule has 0 aliphatic rings. The topological polar surface area (TPSA) is 50.9 Å². The second-order valence-electron chi connectivity index (χ2n) is 4.64. The number of pyridine rings is 1. The number of fused-ring (bicyclic) bond motifs is 1. The maximum Gasteiger partial charge on any atom is 0.0951 e. The molecule has 0 saturated carbocycles. The summed E-state index contributed by atoms with van der Waals surface area (Å²) < 4.78 is 0. The molecule has 0 fully saturated rings. The molecule has 0 bridgehead atoms. The highest BCUT2D eigenvalue weighted by Gasteiger charge is 2.09. The van der Waals surface area contributed by atoms with Crippen LogP contribution >= 0.6 is 0 Å². The van der Waals surface area contributed by atoms with Crippen molar-refractivity contribution in [3.63, 3.8) is 0 Å². The molecular weight excluding hydrogens is 222 g/mol. The number of hydrogen-bond donors (Lipinski definition) is 2. The fourth-order valence-corrected chi connectivity index (χ4v) is 2.27. The van der Waals surface area contributed by atoms with Gasteiger partial charge in [-0.2, -0.15) is 0 Å². The van der Waals surface area contributed by atoms with E-state index in [0.717, 1.165) is 28.7 Å². The van der Waals surface area contributed by atoms with Crippen LogP contribution in [0.4, 0.5) is 11.4 Å². The van der Waals surface area contributed by atoms with Crippen LogP contribution in [0.2, 0.25) is 0 Å². The highest BCUT2D eigenvalue weighted by molar-refractivity contribution is 5.98. The van der Waals surface area contributed by atoms with Crippen LogP contribution in [0.15, 0.2) is 30.5 Å². The number of nitrogens with zero attached hydrogens (tertiary/aromatic N) is 1. The van der Waals surface area contributed by atoms with Gasteiger partial charge < -0.3 is 11.1 Å². The molecule has 0 radical (unpaired) electrons. The Morgan fingerprint density at radius 2 is 2.11 bits per heavy atom. The van der Waals surface area contributed by atoms with Crippen molar-refractivity contribution in [1.29, 1.82) is 0 Å². The highest BCUT2D eigenvalue weighted by atomic mass is 14.9. The molecular formula is C15H21N3. The number of benzene rings is 1. The second kappa shape index (κ2) is 5.71. The lowest BCUT2D eigenvalue weighted by molar-refractivity contribution is 0.623. The van der Waals surface area contributed by atoms with Crippen LogP contribution < -0.4 is 11.1 Å². The first-order valence-electron chi connectivity index (χ1n) is 6.66. The van der Waals surface area contributed by atoms with E-state index in [4.69, 9.17) is 5.73 Å². The van der Waals surface area contributed by atoms with Crippen LogP contribution in [-0.4, -0.2) is 11.0 Å². The number of nitrogens with two attached hydrogens (primary N) is 1. The summed E-state index contributed by atoms with van der Waals surface area (Å²) in [7, 11) is 0. The third kappa shape index (κ3) is 2.55. The maximum absolute atomic E-state index is 5.96. The van der Waals surface area contributed by atoms with E-state index in [1.54, 1.807) is 6.20 Å². The van der Waals surface area contributed by atoms with Crippen LogP contribution in [0.3, 0.4) is 0 Å². The monoisotopic (exact) mass is 243 g/mol. The molecule has 96 valence electrons. The van der Waals surface area contributed by atoms with Gasteiger partial charge in [0.1, 0.15) is 0 Å². The summed E-state index contributed by atoms with van der Waals surface area (Å²) in [4.78, 5) is 4.36. The first kappa shape index (κ1) is 12.7. The van der Waals surface area contributed by atoms with Crippen molar-refractivity contribution < 1.29 is 0 Å². The smallest absolute Gasteiger partial charge is 0.0951 e. The average molecular weight is 243 g/mol. The molecule has 18 heavy (non-hydrogen) atoms. The van der Waals surface area contributed by atoms with Crippen LogP contribution in [0, 0.1) is 0 Å². The van der Waals surface area contributed by atoms with Crippen molar-refractivity contribution >= 4 is 22.3 Å². The third-order valence-electron chi connectivity index (χ3n) is 3.29. The zero-order chi connectivity index (χ0) is 13.0. The van der Waals surface area contributed by atoms with Crippen molar-refractivity contribution in [2.75, 3.05) is 11.1 Å². The predicted molar refractivity (Wildman–Crippen MR) is 78.8 cm³/mol. The zero-order valence-electron chi connectivity index (χ0n) is 11.1. The van der Waals surface area contributed by atoms with Crippen LogP contribution in [-0.2, 0) is 0 Å². The van der Waals surface area contributed by atoms with Crippen LogP contribution in [0.1, 0.15) is 33.1 Å². The van der Waals surface area contributed by atoms with Gasteiger partial charge in [0.2, 0.25) is 0 Å². The van der Waals surface area contributed by atoms with E-state index in [-0.39, 0.29) is 0 Å². The Labute approximate surface area is 108 Å². The summed E-state index contributed by atoms with van der Waals surface area (Å²) in [6, 6.07) is 8.52. The van der Waals surface area contributed by atoms with E-state index >= 15 is 0 Å². The molecule has 3 N–H and O–H groups in total. The SMILES string of the molecule is CCCC(CC)Nc1ccc(N)c2ncccc12. The summed E-state index contributed by atoms with van der Waals surface area (Å²) in [6.45, 7) is 4.43. The summed E-state index contributed by atoms with van der Waals surface area (Å²) >= 11 is 0. The molecule has 3 heteroatoms. The van der Waals surface area contributed by atoms with E-state index in [9.17, 15) is 0 Å². The third-order valence-corrected chi connectivity index (χ3v) is 3.29. The predicted octanol–water partition coefficient (Wildman–Crippen LogP) is 3.81. The molecule has 1 unspecified atom stereocenters. The van der Waals surface area contributed by atoms with Crippen LogP contribution in [0.5, 0.6) is 0 Å². The number of aromatic nitrogens is 1. The first-order valence-corrected chi connectivity index (χ1v) is 6.66. The van der Waals surface area contributed by atoms with Gasteiger partial charge in [-0.1, -0.05) is 20.3 Å². The fraction of sp³-hybridized carbons (Fsp3) is 0.400. The average Bonchev–Trinajstić information content (AvgIpc) is 2.41. The Bertz CT molecular complexity index is 522. The van der Waals surface area contributed by atoms with Gasteiger partial charge in [-0.25, -0.2) is 0 Å². The number of nitrogens with one attached hydrogen (secondary N) is 1. The van der Waals surface area contributed by atoms with Gasteiger partial charge in [-0.05, 0) is 37.1 Å². The molecule has 1 atom stereocenters. The summed E-state index contributed by atoms with van der Waals surface area (Å²) in [6.07, 6.45) is 5.28. The Kier molecular flexibility index (Phi) is 4.03. The highest BCUT2D eigenvalue weighted by Crippen LogP contribution is 2.27. The summed E-state index contributed by atoms with van der Waals surface area (Å²) in [5.41, 5.74) is 8.71. The molecule has 0 saturated heterocycles. The Balaban J connectivity index is 2.36. The van der Waals surface area contributed by atoms with Crippen molar-refractivity contribution in [2.24, 2.45) is 0 Å². The van der Waals surface area contributed by atoms with Crippen molar-refractivity contribution in [1.82, 2.24) is 4.98 Å². The molecule has 0 spiro atoms. The first-order chi connectivity index (χ1) is 8.76. The van der Waals surface area contributed by atoms with Gasteiger partial charge in [0.15, 0.2) is 0 Å². The second-order valence-corrected chi connectivity index (χ2v) is 4.64. The number of hydrogen-bond acceptors (Lipinski definition) is 3. The van der Waals surface area contributed by atoms with Crippen molar-refractivity contribution in [3.05, 3.63) is 30.5 Å².